The normalized spacial score (nSPS) is 10.6. The average Bonchev–Trinajstić information content (AvgIpc) is 2.82. The third-order valence-electron chi connectivity index (χ3n) is 2.92. The Kier molecular flexibility index (Phi) is 4.39. The van der Waals surface area contributed by atoms with Gasteiger partial charge in [-0.05, 0) is 40.0 Å². The molecule has 0 aliphatic carbocycles. The van der Waals surface area contributed by atoms with E-state index in [1.807, 2.05) is 25.1 Å². The van der Waals surface area contributed by atoms with Crippen molar-refractivity contribution in [3.8, 4) is 5.75 Å². The first kappa shape index (κ1) is 14.5. The molecular formula is C13H14BrN3O3. The zero-order valence-corrected chi connectivity index (χ0v) is 12.7. The standard InChI is InChI=1S/C13H14BrN3O3/c1-3-10-12(13(18)19)15-16-17(10)7-8-4-5-11(20-2)9(14)6-8/h4-6H,3,7H2,1-2H3,(H,18,19). The molecular weight excluding hydrogens is 326 g/mol. The van der Waals surface area contributed by atoms with E-state index in [2.05, 4.69) is 26.2 Å². The fourth-order valence-corrected chi connectivity index (χ4v) is 2.55. The van der Waals surface area contributed by atoms with Gasteiger partial charge in [0.25, 0.3) is 0 Å². The van der Waals surface area contributed by atoms with Crippen LogP contribution in [0.3, 0.4) is 0 Å². The summed E-state index contributed by atoms with van der Waals surface area (Å²) in [6.45, 7) is 2.34. The topological polar surface area (TPSA) is 77.2 Å². The second-order valence-electron chi connectivity index (χ2n) is 4.17. The number of ether oxygens (including phenoxy) is 1. The van der Waals surface area contributed by atoms with Gasteiger partial charge in [0.1, 0.15) is 5.75 Å². The molecule has 106 valence electrons. The van der Waals surface area contributed by atoms with Crippen LogP contribution in [0.1, 0.15) is 28.7 Å². The number of aromatic carboxylic acids is 1. The maximum atomic E-state index is 11.0. The lowest BCUT2D eigenvalue weighted by atomic mass is 10.2. The summed E-state index contributed by atoms with van der Waals surface area (Å²) in [6.07, 6.45) is 0.561. The van der Waals surface area contributed by atoms with Crippen molar-refractivity contribution in [1.29, 1.82) is 0 Å². The summed E-state index contributed by atoms with van der Waals surface area (Å²) in [4.78, 5) is 11.0. The minimum absolute atomic E-state index is 0.0140. The lowest BCUT2D eigenvalue weighted by Crippen LogP contribution is -2.08. The summed E-state index contributed by atoms with van der Waals surface area (Å²) in [5.74, 6) is -0.307. The largest absolute Gasteiger partial charge is 0.496 e. The molecule has 20 heavy (non-hydrogen) atoms. The summed E-state index contributed by atoms with van der Waals surface area (Å²) in [5, 5.41) is 16.7. The maximum absolute atomic E-state index is 11.0. The van der Waals surface area contributed by atoms with Crippen molar-refractivity contribution < 1.29 is 14.6 Å². The van der Waals surface area contributed by atoms with Crippen LogP contribution in [0.15, 0.2) is 22.7 Å². The van der Waals surface area contributed by atoms with Gasteiger partial charge in [0.15, 0.2) is 5.69 Å². The first-order valence-electron chi connectivity index (χ1n) is 6.04. The molecule has 0 bridgehead atoms. The average molecular weight is 340 g/mol. The van der Waals surface area contributed by atoms with Crippen LogP contribution in [0.2, 0.25) is 0 Å². The van der Waals surface area contributed by atoms with E-state index in [1.165, 1.54) is 0 Å². The van der Waals surface area contributed by atoms with Gasteiger partial charge in [-0.15, -0.1) is 5.10 Å². The third kappa shape index (κ3) is 2.82. The van der Waals surface area contributed by atoms with E-state index in [0.29, 0.717) is 18.7 Å². The van der Waals surface area contributed by atoms with Crippen LogP contribution in [-0.2, 0) is 13.0 Å². The Morgan fingerprint density at radius 3 is 2.80 bits per heavy atom. The number of rotatable bonds is 5. The van der Waals surface area contributed by atoms with Crippen LogP contribution in [0.4, 0.5) is 0 Å². The second-order valence-corrected chi connectivity index (χ2v) is 5.02. The van der Waals surface area contributed by atoms with Crippen molar-refractivity contribution in [1.82, 2.24) is 15.0 Å². The number of carboxylic acids is 1. The maximum Gasteiger partial charge on any atom is 0.358 e. The van der Waals surface area contributed by atoms with Crippen molar-refractivity contribution in [3.63, 3.8) is 0 Å². The Morgan fingerprint density at radius 2 is 2.25 bits per heavy atom. The highest BCUT2D eigenvalue weighted by atomic mass is 79.9. The highest BCUT2D eigenvalue weighted by Gasteiger charge is 2.17. The molecule has 0 fully saturated rings. The summed E-state index contributed by atoms with van der Waals surface area (Å²) in [6, 6.07) is 5.67. The number of nitrogens with zero attached hydrogens (tertiary/aromatic N) is 3. The van der Waals surface area contributed by atoms with Crippen molar-refractivity contribution in [2.45, 2.75) is 19.9 Å². The molecule has 0 amide bonds. The molecule has 6 nitrogen and oxygen atoms in total. The molecule has 0 spiro atoms. The van der Waals surface area contributed by atoms with Crippen LogP contribution in [0.5, 0.6) is 5.75 Å². The number of carboxylic acid groups (broad SMARTS) is 1. The lowest BCUT2D eigenvalue weighted by Gasteiger charge is -2.08. The van der Waals surface area contributed by atoms with Gasteiger partial charge in [-0.2, -0.15) is 0 Å². The van der Waals surface area contributed by atoms with E-state index in [9.17, 15) is 4.79 Å². The number of halogens is 1. The number of hydrogen-bond acceptors (Lipinski definition) is 4. The summed E-state index contributed by atoms with van der Waals surface area (Å²) >= 11 is 3.42. The van der Waals surface area contributed by atoms with Gasteiger partial charge in [-0.3, -0.25) is 0 Å². The van der Waals surface area contributed by atoms with Crippen LogP contribution >= 0.6 is 15.9 Å². The Hall–Kier alpha value is -1.89. The molecule has 0 saturated carbocycles. The van der Waals surface area contributed by atoms with Gasteiger partial charge in [0.05, 0.1) is 23.8 Å². The van der Waals surface area contributed by atoms with Crippen LogP contribution in [0.25, 0.3) is 0 Å². The smallest absolute Gasteiger partial charge is 0.358 e. The number of hydrogen-bond donors (Lipinski definition) is 1. The van der Waals surface area contributed by atoms with Crippen molar-refractivity contribution in [3.05, 3.63) is 39.6 Å². The Bertz CT molecular complexity index is 640. The summed E-state index contributed by atoms with van der Waals surface area (Å²) in [5.41, 5.74) is 1.61. The molecule has 0 aliphatic rings. The zero-order chi connectivity index (χ0) is 14.7. The molecule has 1 aromatic carbocycles. The monoisotopic (exact) mass is 339 g/mol. The molecule has 0 atom stereocenters. The fourth-order valence-electron chi connectivity index (χ4n) is 1.96. The van der Waals surface area contributed by atoms with Crippen LogP contribution in [-0.4, -0.2) is 33.2 Å². The third-order valence-corrected chi connectivity index (χ3v) is 3.54. The minimum atomic E-state index is -1.05. The van der Waals surface area contributed by atoms with E-state index in [0.717, 1.165) is 15.8 Å². The van der Waals surface area contributed by atoms with Crippen molar-refractivity contribution in [2.24, 2.45) is 0 Å². The SMILES string of the molecule is CCc1c(C(=O)O)nnn1Cc1ccc(OC)c(Br)c1. The van der Waals surface area contributed by atoms with E-state index >= 15 is 0 Å². The first-order valence-corrected chi connectivity index (χ1v) is 6.84. The number of methoxy groups -OCH3 is 1. The van der Waals surface area contributed by atoms with Crippen molar-refractivity contribution in [2.75, 3.05) is 7.11 Å². The second kappa shape index (κ2) is 6.04. The quantitative estimate of drug-likeness (QED) is 0.904. The molecule has 0 unspecified atom stereocenters. The predicted molar refractivity (Wildman–Crippen MR) is 76.2 cm³/mol. The Labute approximate surface area is 124 Å². The van der Waals surface area contributed by atoms with Gasteiger partial charge >= 0.3 is 5.97 Å². The predicted octanol–water partition coefficient (Wildman–Crippen LogP) is 2.36. The minimum Gasteiger partial charge on any atom is -0.496 e. The van der Waals surface area contributed by atoms with E-state index in [1.54, 1.807) is 11.8 Å². The first-order chi connectivity index (χ1) is 9.56. The molecule has 1 aromatic heterocycles. The van der Waals surface area contributed by atoms with Gasteiger partial charge < -0.3 is 9.84 Å². The van der Waals surface area contributed by atoms with E-state index < -0.39 is 5.97 Å². The molecule has 1 N–H and O–H groups in total. The molecule has 2 aromatic rings. The highest BCUT2D eigenvalue weighted by Crippen LogP contribution is 2.26. The van der Waals surface area contributed by atoms with Crippen molar-refractivity contribution >= 4 is 21.9 Å². The molecule has 0 radical (unpaired) electrons. The lowest BCUT2D eigenvalue weighted by molar-refractivity contribution is 0.0689. The molecule has 1 heterocycles. The molecule has 7 heteroatoms. The van der Waals surface area contributed by atoms with E-state index in [4.69, 9.17) is 9.84 Å². The van der Waals surface area contributed by atoms with Crippen LogP contribution < -0.4 is 4.74 Å². The van der Waals surface area contributed by atoms with E-state index in [-0.39, 0.29) is 5.69 Å². The molecule has 0 saturated heterocycles. The Morgan fingerprint density at radius 1 is 1.50 bits per heavy atom. The highest BCUT2D eigenvalue weighted by molar-refractivity contribution is 9.10. The molecule has 2 rings (SSSR count). The number of benzene rings is 1. The summed E-state index contributed by atoms with van der Waals surface area (Å²) < 4.78 is 7.62. The van der Waals surface area contributed by atoms with Gasteiger partial charge in [0, 0.05) is 0 Å². The fraction of sp³-hybridized carbons (Fsp3) is 0.308. The number of carbonyl (C=O) groups is 1. The van der Waals surface area contributed by atoms with Gasteiger partial charge in [-0.1, -0.05) is 18.2 Å². The summed E-state index contributed by atoms with van der Waals surface area (Å²) in [7, 11) is 1.60. The van der Waals surface area contributed by atoms with Gasteiger partial charge in [0.2, 0.25) is 0 Å². The van der Waals surface area contributed by atoms with Crippen LogP contribution in [0, 0.1) is 0 Å². The molecule has 0 aliphatic heterocycles. The zero-order valence-electron chi connectivity index (χ0n) is 11.1. The van der Waals surface area contributed by atoms with Gasteiger partial charge in [-0.25, -0.2) is 9.48 Å². The number of aromatic nitrogens is 3. The Balaban J connectivity index is 2.30.